The van der Waals surface area contributed by atoms with Crippen molar-refractivity contribution in [2.45, 2.75) is 19.6 Å². The Balaban J connectivity index is 1.61. The predicted octanol–water partition coefficient (Wildman–Crippen LogP) is 1.38. The molecule has 0 aliphatic carbocycles. The smallest absolute Gasteiger partial charge is 0.291 e. The van der Waals surface area contributed by atoms with Gasteiger partial charge in [0.05, 0.1) is 34.3 Å². The van der Waals surface area contributed by atoms with Crippen molar-refractivity contribution in [3.63, 3.8) is 0 Å². The van der Waals surface area contributed by atoms with Crippen LogP contribution in [0.5, 0.6) is 0 Å². The van der Waals surface area contributed by atoms with Crippen LogP contribution in [-0.2, 0) is 18.3 Å². The minimum Gasteiger partial charge on any atom is -0.365 e. The van der Waals surface area contributed by atoms with E-state index >= 15 is 0 Å². The maximum Gasteiger partial charge on any atom is 0.291 e. The van der Waals surface area contributed by atoms with Crippen molar-refractivity contribution >= 4 is 43.9 Å². The molecule has 1 aliphatic heterocycles. The van der Waals surface area contributed by atoms with Crippen LogP contribution < -0.4 is 21.9 Å². The lowest BCUT2D eigenvalue weighted by Gasteiger charge is -2.11. The number of ether oxygens (including phenoxy) is 1. The first-order valence-electron chi connectivity index (χ1n) is 8.97. The number of nitrogens with one attached hydrogen (secondary N) is 3. The van der Waals surface area contributed by atoms with Crippen molar-refractivity contribution in [3.8, 4) is 0 Å². The first-order valence-corrected chi connectivity index (χ1v) is 10.7. The van der Waals surface area contributed by atoms with Crippen LogP contribution in [0.4, 0.5) is 0 Å². The average molecular weight is 431 g/mol. The van der Waals surface area contributed by atoms with Gasteiger partial charge in [-0.15, -0.1) is 22.7 Å². The highest BCUT2D eigenvalue weighted by Crippen LogP contribution is 2.36. The van der Waals surface area contributed by atoms with Gasteiger partial charge in [-0.05, 0) is 6.92 Å². The first kappa shape index (κ1) is 18.2. The fourth-order valence-corrected chi connectivity index (χ4v) is 5.09. The monoisotopic (exact) mass is 430 g/mol. The van der Waals surface area contributed by atoms with Crippen molar-refractivity contribution in [2.75, 3.05) is 6.61 Å². The molecule has 150 valence electrons. The Morgan fingerprint density at radius 1 is 1.38 bits per heavy atom. The van der Waals surface area contributed by atoms with Crippen LogP contribution in [0.15, 0.2) is 33.8 Å². The average Bonchev–Trinajstić information content (AvgIpc) is 3.49. The summed E-state index contributed by atoms with van der Waals surface area (Å²) in [4.78, 5) is 22.2. The third-order valence-electron chi connectivity index (χ3n) is 4.68. The molecule has 10 nitrogen and oxygen atoms in total. The second kappa shape index (κ2) is 7.22. The van der Waals surface area contributed by atoms with Crippen LogP contribution in [-0.4, -0.2) is 30.9 Å². The van der Waals surface area contributed by atoms with Crippen LogP contribution in [0.2, 0.25) is 0 Å². The Kier molecular flexibility index (Phi) is 4.54. The lowest BCUT2D eigenvalue weighted by Crippen LogP contribution is -2.34. The van der Waals surface area contributed by atoms with E-state index in [2.05, 4.69) is 26.5 Å². The fourth-order valence-electron chi connectivity index (χ4n) is 3.35. The molecule has 5 rings (SSSR count). The van der Waals surface area contributed by atoms with Gasteiger partial charge in [0.2, 0.25) is 0 Å². The minimum atomic E-state index is -0.313. The van der Waals surface area contributed by atoms with Gasteiger partial charge in [0.15, 0.2) is 11.8 Å². The van der Waals surface area contributed by atoms with Crippen LogP contribution >= 0.6 is 22.7 Å². The second-order valence-corrected chi connectivity index (χ2v) is 8.20. The molecule has 0 spiro atoms. The number of hydrazine groups is 2. The third kappa shape index (κ3) is 3.00. The Morgan fingerprint density at radius 3 is 3.00 bits per heavy atom. The van der Waals surface area contributed by atoms with Gasteiger partial charge in [-0.1, -0.05) is 0 Å². The van der Waals surface area contributed by atoms with Crippen molar-refractivity contribution in [1.29, 1.82) is 0 Å². The molecule has 12 heteroatoms. The van der Waals surface area contributed by atoms with E-state index in [-0.39, 0.29) is 11.7 Å². The summed E-state index contributed by atoms with van der Waals surface area (Å²) in [7, 11) is 1.86. The SMILES string of the molecule is CCOC(c1cscn1)c1nc2c(s1)c1cnn(CC3=CNNN3)c(=O)c1n2C. The summed E-state index contributed by atoms with van der Waals surface area (Å²) in [6.07, 6.45) is 3.17. The van der Waals surface area contributed by atoms with Crippen molar-refractivity contribution in [1.82, 2.24) is 40.7 Å². The van der Waals surface area contributed by atoms with E-state index in [1.54, 1.807) is 17.9 Å². The molecule has 3 N–H and O–H groups in total. The van der Waals surface area contributed by atoms with E-state index in [4.69, 9.17) is 9.72 Å². The molecule has 0 bridgehead atoms. The molecule has 5 heterocycles. The number of aromatic nitrogens is 5. The van der Waals surface area contributed by atoms with Gasteiger partial charge in [-0.2, -0.15) is 10.6 Å². The van der Waals surface area contributed by atoms with E-state index in [1.807, 2.05) is 23.9 Å². The zero-order chi connectivity index (χ0) is 20.0. The molecule has 29 heavy (non-hydrogen) atoms. The van der Waals surface area contributed by atoms with Gasteiger partial charge in [0.25, 0.3) is 5.56 Å². The van der Waals surface area contributed by atoms with E-state index in [9.17, 15) is 4.79 Å². The van der Waals surface area contributed by atoms with Crippen LogP contribution in [0.1, 0.15) is 23.7 Å². The van der Waals surface area contributed by atoms with Gasteiger partial charge in [0, 0.05) is 30.6 Å². The molecule has 4 aromatic rings. The number of nitrogens with zero attached hydrogens (tertiary/aromatic N) is 5. The van der Waals surface area contributed by atoms with E-state index < -0.39 is 0 Å². The van der Waals surface area contributed by atoms with Crippen molar-refractivity contribution < 1.29 is 4.74 Å². The Hall–Kier alpha value is -2.80. The Bertz CT molecular complexity index is 1270. The van der Waals surface area contributed by atoms with E-state index in [0.29, 0.717) is 18.7 Å². The molecular weight excluding hydrogens is 412 g/mol. The number of aryl methyl sites for hydroxylation is 1. The normalized spacial score (nSPS) is 14.9. The van der Waals surface area contributed by atoms with E-state index in [1.165, 1.54) is 27.4 Å². The predicted molar refractivity (Wildman–Crippen MR) is 111 cm³/mol. The first-order chi connectivity index (χ1) is 14.2. The highest BCUT2D eigenvalue weighted by Gasteiger charge is 2.24. The highest BCUT2D eigenvalue weighted by molar-refractivity contribution is 7.19. The number of fused-ring (bicyclic) bond motifs is 3. The van der Waals surface area contributed by atoms with Gasteiger partial charge in [0.1, 0.15) is 10.5 Å². The minimum absolute atomic E-state index is 0.160. The van der Waals surface area contributed by atoms with Crippen molar-refractivity contribution in [2.24, 2.45) is 7.05 Å². The Labute approximate surface area is 172 Å². The van der Waals surface area contributed by atoms with Crippen LogP contribution in [0, 0.1) is 0 Å². The summed E-state index contributed by atoms with van der Waals surface area (Å²) in [5.41, 5.74) is 13.1. The molecular formula is C17H18N8O2S2. The molecule has 0 amide bonds. The van der Waals surface area contributed by atoms with Crippen LogP contribution in [0.25, 0.3) is 21.3 Å². The number of thiazole rings is 2. The number of hydrogen-bond acceptors (Lipinski definition) is 10. The van der Waals surface area contributed by atoms with Gasteiger partial charge in [-0.25, -0.2) is 14.6 Å². The largest absolute Gasteiger partial charge is 0.365 e. The number of allylic oxidation sites excluding steroid dienone is 1. The molecule has 1 unspecified atom stereocenters. The van der Waals surface area contributed by atoms with Gasteiger partial charge >= 0.3 is 0 Å². The maximum atomic E-state index is 13.0. The van der Waals surface area contributed by atoms with E-state index in [0.717, 1.165) is 32.1 Å². The van der Waals surface area contributed by atoms with Crippen LogP contribution in [0.3, 0.4) is 0 Å². The summed E-state index contributed by atoms with van der Waals surface area (Å²) in [5.74, 6) is 0. The topological polar surface area (TPSA) is 111 Å². The lowest BCUT2D eigenvalue weighted by molar-refractivity contribution is 0.0887. The third-order valence-corrected chi connectivity index (χ3v) is 6.41. The zero-order valence-electron chi connectivity index (χ0n) is 15.7. The highest BCUT2D eigenvalue weighted by atomic mass is 32.1. The quantitative estimate of drug-likeness (QED) is 0.421. The molecule has 0 saturated carbocycles. The standard InChI is InChI=1S/C17H18N8O2S2/c1-3-27-13(11-7-28-8-18-11)16-21-15-14(29-16)10-5-20-25(6-9-4-19-23-22-9)17(26)12(10)24(15)2/h4-5,7-8,13,19,22-23H,3,6H2,1-2H3. The summed E-state index contributed by atoms with van der Waals surface area (Å²) >= 11 is 3.04. The molecule has 4 aromatic heterocycles. The van der Waals surface area contributed by atoms with Crippen molar-refractivity contribution in [3.05, 3.63) is 50.0 Å². The summed E-state index contributed by atoms with van der Waals surface area (Å²) in [6, 6.07) is 0. The lowest BCUT2D eigenvalue weighted by atomic mass is 10.3. The molecule has 0 radical (unpaired) electrons. The molecule has 0 saturated heterocycles. The fraction of sp³-hybridized carbons (Fsp3) is 0.294. The van der Waals surface area contributed by atoms with Gasteiger partial charge in [-0.3, -0.25) is 4.79 Å². The number of hydrogen-bond donors (Lipinski definition) is 3. The second-order valence-electron chi connectivity index (χ2n) is 6.45. The molecule has 0 aromatic carbocycles. The summed E-state index contributed by atoms with van der Waals surface area (Å²) in [6.45, 7) is 2.84. The summed E-state index contributed by atoms with van der Waals surface area (Å²) in [5, 5.41) is 7.96. The maximum absolute atomic E-state index is 13.0. The molecule has 0 fully saturated rings. The summed E-state index contributed by atoms with van der Waals surface area (Å²) < 4.78 is 10.1. The zero-order valence-corrected chi connectivity index (χ0v) is 17.3. The Morgan fingerprint density at radius 2 is 2.28 bits per heavy atom. The molecule has 1 atom stereocenters. The molecule has 1 aliphatic rings. The van der Waals surface area contributed by atoms with Gasteiger partial charge < -0.3 is 20.2 Å². The number of rotatable bonds is 6.